The van der Waals surface area contributed by atoms with E-state index in [1.807, 2.05) is 4.90 Å². The molecule has 1 saturated carbocycles. The average molecular weight is 493 g/mol. The topological polar surface area (TPSA) is 109 Å². The predicted molar refractivity (Wildman–Crippen MR) is 121 cm³/mol. The number of ether oxygens (including phenoxy) is 1. The van der Waals surface area contributed by atoms with Gasteiger partial charge in [-0.15, -0.1) is 0 Å². The van der Waals surface area contributed by atoms with E-state index in [9.17, 15) is 23.4 Å². The molecule has 188 valence electrons. The van der Waals surface area contributed by atoms with Gasteiger partial charge in [0.25, 0.3) is 0 Å². The lowest BCUT2D eigenvalue weighted by Crippen LogP contribution is -2.34. The molecule has 2 aliphatic rings. The molecule has 12 heteroatoms. The Kier molecular flexibility index (Phi) is 6.38. The van der Waals surface area contributed by atoms with Gasteiger partial charge in [-0.2, -0.15) is 13.2 Å². The number of halogens is 3. The SMILES string of the molecule is COC[C@H]1C[C@@H](n2cnc3c(N(c4ccc(C(F)(F)F)cc4)[C@H]4CCNC4)ncnc32)[C@@H](O)[C@H]1O. The fourth-order valence-corrected chi connectivity index (χ4v) is 5.19. The summed E-state index contributed by atoms with van der Waals surface area (Å²) in [6.45, 7) is 1.73. The molecule has 0 spiro atoms. The highest BCUT2D eigenvalue weighted by atomic mass is 19.4. The van der Waals surface area contributed by atoms with Crippen LogP contribution in [0.4, 0.5) is 24.7 Å². The van der Waals surface area contributed by atoms with Crippen LogP contribution in [0, 0.1) is 5.92 Å². The zero-order chi connectivity index (χ0) is 24.7. The monoisotopic (exact) mass is 492 g/mol. The molecule has 3 N–H and O–H groups in total. The summed E-state index contributed by atoms with van der Waals surface area (Å²) in [4.78, 5) is 15.3. The van der Waals surface area contributed by atoms with Crippen molar-refractivity contribution in [2.45, 2.75) is 43.3 Å². The van der Waals surface area contributed by atoms with Gasteiger partial charge in [-0.1, -0.05) is 0 Å². The molecule has 1 aliphatic heterocycles. The first-order valence-corrected chi connectivity index (χ1v) is 11.5. The Morgan fingerprint density at radius 3 is 2.57 bits per heavy atom. The first kappa shape index (κ1) is 23.9. The summed E-state index contributed by atoms with van der Waals surface area (Å²) >= 11 is 0. The molecule has 9 nitrogen and oxygen atoms in total. The second-order valence-corrected chi connectivity index (χ2v) is 9.08. The van der Waals surface area contributed by atoms with Crippen molar-refractivity contribution in [2.75, 3.05) is 31.7 Å². The largest absolute Gasteiger partial charge is 0.416 e. The highest BCUT2D eigenvalue weighted by molar-refractivity contribution is 5.86. The second kappa shape index (κ2) is 9.34. The molecule has 2 aromatic heterocycles. The normalized spacial score (nSPS) is 27.1. The van der Waals surface area contributed by atoms with Crippen LogP contribution in [-0.4, -0.2) is 74.8 Å². The third kappa shape index (κ3) is 4.35. The van der Waals surface area contributed by atoms with Gasteiger partial charge in [0.1, 0.15) is 12.4 Å². The van der Waals surface area contributed by atoms with Gasteiger partial charge in [-0.25, -0.2) is 15.0 Å². The number of aliphatic hydroxyl groups excluding tert-OH is 2. The van der Waals surface area contributed by atoms with Crippen LogP contribution in [0.25, 0.3) is 11.2 Å². The van der Waals surface area contributed by atoms with Gasteiger partial charge >= 0.3 is 6.18 Å². The molecule has 1 aliphatic carbocycles. The number of benzene rings is 1. The number of aromatic nitrogens is 4. The molecule has 0 radical (unpaired) electrons. The number of anilines is 2. The molecule has 1 aromatic carbocycles. The molecular weight excluding hydrogens is 465 g/mol. The van der Waals surface area contributed by atoms with Gasteiger partial charge in [-0.3, -0.25) is 0 Å². The fraction of sp³-hybridized carbons (Fsp3) is 0.522. The molecule has 35 heavy (non-hydrogen) atoms. The van der Waals surface area contributed by atoms with Crippen LogP contribution in [0.1, 0.15) is 24.4 Å². The highest BCUT2D eigenvalue weighted by Crippen LogP contribution is 2.39. The van der Waals surface area contributed by atoms with Crippen molar-refractivity contribution in [2.24, 2.45) is 5.92 Å². The molecule has 3 heterocycles. The van der Waals surface area contributed by atoms with Gasteiger partial charge < -0.3 is 29.7 Å². The highest BCUT2D eigenvalue weighted by Gasteiger charge is 2.43. The standard InChI is InChI=1S/C23H27F3N6O3/c1-35-10-13-8-17(20(34)19(13)33)31-12-30-18-21(31)28-11-29-22(18)32(16-6-7-27-9-16)15-4-2-14(3-5-15)23(24,25)26/h2-5,11-13,16-17,19-20,27,33-34H,6-10H2,1H3/t13-,16+,17-,19+,20-/m1/s1. The number of aliphatic hydroxyl groups is 2. The van der Waals surface area contributed by atoms with Gasteiger partial charge in [0.2, 0.25) is 0 Å². The Labute approximate surface area is 199 Å². The number of methoxy groups -OCH3 is 1. The van der Waals surface area contributed by atoms with Gasteiger partial charge in [0.15, 0.2) is 17.0 Å². The van der Waals surface area contributed by atoms with Gasteiger partial charge in [0, 0.05) is 31.3 Å². The summed E-state index contributed by atoms with van der Waals surface area (Å²) in [5.74, 6) is 0.246. The van der Waals surface area contributed by atoms with E-state index < -0.39 is 30.0 Å². The number of hydrogen-bond acceptors (Lipinski definition) is 8. The summed E-state index contributed by atoms with van der Waals surface area (Å²) in [7, 11) is 1.55. The Morgan fingerprint density at radius 2 is 1.91 bits per heavy atom. The number of nitrogens with zero attached hydrogens (tertiary/aromatic N) is 5. The van der Waals surface area contributed by atoms with Crippen molar-refractivity contribution in [3.05, 3.63) is 42.5 Å². The summed E-state index contributed by atoms with van der Waals surface area (Å²) in [6.07, 6.45) is -2.17. The van der Waals surface area contributed by atoms with E-state index in [2.05, 4.69) is 20.3 Å². The maximum absolute atomic E-state index is 13.1. The number of fused-ring (bicyclic) bond motifs is 1. The van der Waals surface area contributed by atoms with Crippen LogP contribution >= 0.6 is 0 Å². The van der Waals surface area contributed by atoms with E-state index in [-0.39, 0.29) is 12.0 Å². The number of nitrogens with one attached hydrogen (secondary N) is 1. The zero-order valence-electron chi connectivity index (χ0n) is 19.1. The van der Waals surface area contributed by atoms with E-state index in [1.165, 1.54) is 18.5 Å². The van der Waals surface area contributed by atoms with E-state index in [4.69, 9.17) is 4.74 Å². The van der Waals surface area contributed by atoms with Crippen molar-refractivity contribution in [1.29, 1.82) is 0 Å². The third-order valence-electron chi connectivity index (χ3n) is 6.95. The average Bonchev–Trinajstić information content (AvgIpc) is 3.57. The number of alkyl halides is 3. The minimum atomic E-state index is -4.42. The summed E-state index contributed by atoms with van der Waals surface area (Å²) in [5.41, 5.74) is 0.795. The van der Waals surface area contributed by atoms with Crippen LogP contribution in [0.3, 0.4) is 0 Å². The smallest absolute Gasteiger partial charge is 0.390 e. The van der Waals surface area contributed by atoms with Crippen molar-refractivity contribution in [3.63, 3.8) is 0 Å². The first-order valence-electron chi connectivity index (χ1n) is 11.5. The van der Waals surface area contributed by atoms with Crippen molar-refractivity contribution in [3.8, 4) is 0 Å². The molecule has 0 amide bonds. The third-order valence-corrected chi connectivity index (χ3v) is 6.95. The lowest BCUT2D eigenvalue weighted by atomic mass is 10.1. The molecule has 0 unspecified atom stereocenters. The van der Waals surface area contributed by atoms with E-state index in [1.54, 1.807) is 18.0 Å². The lowest BCUT2D eigenvalue weighted by molar-refractivity contribution is -0.137. The van der Waals surface area contributed by atoms with Crippen LogP contribution in [-0.2, 0) is 10.9 Å². The van der Waals surface area contributed by atoms with Crippen LogP contribution < -0.4 is 10.2 Å². The quantitative estimate of drug-likeness (QED) is 0.481. The lowest BCUT2D eigenvalue weighted by Gasteiger charge is -2.30. The van der Waals surface area contributed by atoms with E-state index in [0.29, 0.717) is 42.2 Å². The molecule has 1 saturated heterocycles. The first-order chi connectivity index (χ1) is 16.8. The van der Waals surface area contributed by atoms with Crippen molar-refractivity contribution < 1.29 is 28.1 Å². The van der Waals surface area contributed by atoms with Crippen LogP contribution in [0.2, 0.25) is 0 Å². The number of hydrogen-bond donors (Lipinski definition) is 3. The van der Waals surface area contributed by atoms with Crippen LogP contribution in [0.5, 0.6) is 0 Å². The maximum atomic E-state index is 13.1. The summed E-state index contributed by atoms with van der Waals surface area (Å²) < 4.78 is 46.3. The summed E-state index contributed by atoms with van der Waals surface area (Å²) in [5, 5.41) is 24.4. The molecule has 3 aromatic rings. The maximum Gasteiger partial charge on any atom is 0.416 e. The van der Waals surface area contributed by atoms with Crippen molar-refractivity contribution in [1.82, 2.24) is 24.8 Å². The summed E-state index contributed by atoms with van der Waals surface area (Å²) in [6, 6.07) is 4.52. The number of imidazole rings is 1. The Bertz CT molecular complexity index is 1170. The molecule has 0 bridgehead atoms. The molecular formula is C23H27F3N6O3. The number of rotatable bonds is 6. The van der Waals surface area contributed by atoms with E-state index >= 15 is 0 Å². The minimum Gasteiger partial charge on any atom is -0.390 e. The second-order valence-electron chi connectivity index (χ2n) is 9.08. The fourth-order valence-electron chi connectivity index (χ4n) is 5.19. The van der Waals surface area contributed by atoms with E-state index in [0.717, 1.165) is 25.1 Å². The molecule has 5 rings (SSSR count). The Balaban J connectivity index is 1.55. The van der Waals surface area contributed by atoms with Gasteiger partial charge in [0.05, 0.1) is 30.6 Å². The zero-order valence-corrected chi connectivity index (χ0v) is 19.1. The molecule has 2 fully saturated rings. The van der Waals surface area contributed by atoms with Crippen LogP contribution in [0.15, 0.2) is 36.9 Å². The molecule has 5 atom stereocenters. The Hall–Kier alpha value is -2.80. The van der Waals surface area contributed by atoms with Crippen molar-refractivity contribution >= 4 is 22.7 Å². The minimum absolute atomic E-state index is 0.0417. The predicted octanol–water partition coefficient (Wildman–Crippen LogP) is 2.27. The Morgan fingerprint density at radius 1 is 1.14 bits per heavy atom. The van der Waals surface area contributed by atoms with Gasteiger partial charge in [-0.05, 0) is 43.7 Å².